The van der Waals surface area contributed by atoms with E-state index in [2.05, 4.69) is 26.6 Å². The van der Waals surface area contributed by atoms with Crippen molar-refractivity contribution in [1.29, 1.82) is 0 Å². The van der Waals surface area contributed by atoms with Gasteiger partial charge in [0.05, 0.1) is 25.7 Å². The van der Waals surface area contributed by atoms with E-state index in [1.165, 1.54) is 12.1 Å². The number of methoxy groups -OCH3 is 1. The molecule has 0 amide bonds. The maximum atomic E-state index is 13.5. The second-order valence-corrected chi connectivity index (χ2v) is 7.29. The highest BCUT2D eigenvalue weighted by Crippen LogP contribution is 2.42. The highest BCUT2D eigenvalue weighted by Gasteiger charge is 2.19. The summed E-state index contributed by atoms with van der Waals surface area (Å²) in [4.78, 5) is 4.05. The number of hydrogen-bond donors (Lipinski definition) is 3. The van der Waals surface area contributed by atoms with Crippen molar-refractivity contribution in [3.05, 3.63) is 67.0 Å². The lowest BCUT2D eigenvalue weighted by Crippen LogP contribution is -2.04. The Kier molecular flexibility index (Phi) is 4.95. The third kappa shape index (κ3) is 3.79. The molecule has 0 saturated carbocycles. The first kappa shape index (κ1) is 19.0. The van der Waals surface area contributed by atoms with Crippen molar-refractivity contribution >= 4 is 22.3 Å². The van der Waals surface area contributed by atoms with Gasteiger partial charge in [-0.1, -0.05) is 6.07 Å². The number of ether oxygens (including phenoxy) is 2. The first-order chi connectivity index (χ1) is 15.2. The van der Waals surface area contributed by atoms with E-state index in [1.807, 2.05) is 29.0 Å². The van der Waals surface area contributed by atoms with Crippen molar-refractivity contribution < 1.29 is 13.9 Å². The van der Waals surface area contributed by atoms with Crippen molar-refractivity contribution in [3.63, 3.8) is 0 Å². The Bertz CT molecular complexity index is 1270. The summed E-state index contributed by atoms with van der Waals surface area (Å²) in [6.07, 6.45) is 6.36. The molecule has 0 fully saturated rings. The molecule has 0 unspecified atom stereocenters. The summed E-state index contributed by atoms with van der Waals surface area (Å²) in [7, 11) is 1.64. The van der Waals surface area contributed by atoms with E-state index >= 15 is 0 Å². The number of imidazole rings is 1. The standard InChI is InChI=1S/C23H22FN5O2/c1-30-20-13-18-15(11-21(20)31-9-3-7-29-8-6-25-14-29)10-19-22(18)27-28-23(19)26-17-5-2-4-16(24)12-17/h2,4-6,8,10-14,26-28H,3,7,9H2,1H3. The van der Waals surface area contributed by atoms with Crippen molar-refractivity contribution in [2.24, 2.45) is 0 Å². The largest absolute Gasteiger partial charge is 0.493 e. The van der Waals surface area contributed by atoms with Gasteiger partial charge in [0.2, 0.25) is 0 Å². The summed E-state index contributed by atoms with van der Waals surface area (Å²) in [5, 5.41) is 11.6. The van der Waals surface area contributed by atoms with Gasteiger partial charge in [-0.05, 0) is 48.2 Å². The topological polar surface area (TPSA) is 79.9 Å². The van der Waals surface area contributed by atoms with E-state index in [-0.39, 0.29) is 5.82 Å². The van der Waals surface area contributed by atoms with Crippen molar-refractivity contribution in [1.82, 2.24) is 19.7 Å². The number of hydrogen-bond acceptors (Lipinski definition) is 4. The van der Waals surface area contributed by atoms with Crippen LogP contribution in [0.3, 0.4) is 0 Å². The number of aromatic nitrogens is 4. The van der Waals surface area contributed by atoms with Gasteiger partial charge in [-0.25, -0.2) is 9.37 Å². The Morgan fingerprint density at radius 2 is 2.06 bits per heavy atom. The van der Waals surface area contributed by atoms with E-state index in [1.54, 1.807) is 25.7 Å². The number of nitrogens with one attached hydrogen (secondary N) is 3. The van der Waals surface area contributed by atoms with Crippen LogP contribution in [-0.4, -0.2) is 33.5 Å². The zero-order valence-electron chi connectivity index (χ0n) is 17.0. The first-order valence-electron chi connectivity index (χ1n) is 10.0. The molecular weight excluding hydrogens is 397 g/mol. The number of nitrogens with zero attached hydrogens (tertiary/aromatic N) is 2. The number of anilines is 2. The fraction of sp³-hybridized carbons (Fsp3) is 0.174. The third-order valence-electron chi connectivity index (χ3n) is 5.23. The molecular formula is C23H22FN5O2. The van der Waals surface area contributed by atoms with Crippen LogP contribution < -0.4 is 14.8 Å². The Balaban J connectivity index is 1.38. The fourth-order valence-corrected chi connectivity index (χ4v) is 3.74. The monoisotopic (exact) mass is 419 g/mol. The molecule has 31 heavy (non-hydrogen) atoms. The first-order valence-corrected chi connectivity index (χ1v) is 10.0. The molecule has 0 radical (unpaired) electrons. The molecule has 158 valence electrons. The summed E-state index contributed by atoms with van der Waals surface area (Å²) in [6.45, 7) is 1.41. The molecule has 2 aliphatic rings. The van der Waals surface area contributed by atoms with Gasteiger partial charge < -0.3 is 19.4 Å². The van der Waals surface area contributed by atoms with E-state index in [0.29, 0.717) is 23.8 Å². The van der Waals surface area contributed by atoms with Crippen LogP contribution in [0.25, 0.3) is 22.0 Å². The molecule has 3 aromatic rings. The molecule has 7 nitrogen and oxygen atoms in total. The average Bonchev–Trinajstić information content (AvgIpc) is 3.49. The molecule has 1 aromatic heterocycles. The van der Waals surface area contributed by atoms with Crippen LogP contribution in [0, 0.1) is 5.82 Å². The smallest absolute Gasteiger partial charge is 0.161 e. The minimum Gasteiger partial charge on any atom is -0.493 e. The van der Waals surface area contributed by atoms with Gasteiger partial charge in [0.1, 0.15) is 11.6 Å². The quantitative estimate of drug-likeness (QED) is 0.304. The molecule has 2 heterocycles. The van der Waals surface area contributed by atoms with Crippen LogP contribution in [0.1, 0.15) is 6.42 Å². The Morgan fingerprint density at radius 1 is 1.13 bits per heavy atom. The second-order valence-electron chi connectivity index (χ2n) is 7.29. The van der Waals surface area contributed by atoms with Gasteiger partial charge in [-0.3, -0.25) is 10.2 Å². The van der Waals surface area contributed by atoms with Gasteiger partial charge in [0.25, 0.3) is 0 Å². The van der Waals surface area contributed by atoms with Crippen molar-refractivity contribution in [2.45, 2.75) is 13.0 Å². The highest BCUT2D eigenvalue weighted by atomic mass is 19.1. The molecule has 5 rings (SSSR count). The molecule has 3 N–H and O–H groups in total. The summed E-state index contributed by atoms with van der Waals surface area (Å²) >= 11 is 0. The van der Waals surface area contributed by atoms with Crippen LogP contribution in [0.5, 0.6) is 11.5 Å². The number of aromatic amines is 2. The van der Waals surface area contributed by atoms with Crippen LogP contribution in [-0.2, 0) is 6.54 Å². The van der Waals surface area contributed by atoms with E-state index < -0.39 is 0 Å². The van der Waals surface area contributed by atoms with Crippen LogP contribution >= 0.6 is 0 Å². The van der Waals surface area contributed by atoms with Crippen LogP contribution in [0.2, 0.25) is 0 Å². The average molecular weight is 419 g/mol. The number of benzene rings is 2. The van der Waals surface area contributed by atoms with Crippen LogP contribution in [0.15, 0.2) is 61.2 Å². The summed E-state index contributed by atoms with van der Waals surface area (Å²) < 4.78 is 27.1. The lowest BCUT2D eigenvalue weighted by atomic mass is 10.2. The molecule has 1 aliphatic carbocycles. The van der Waals surface area contributed by atoms with Gasteiger partial charge in [0, 0.05) is 35.6 Å². The Hall–Kier alpha value is -3.94. The van der Waals surface area contributed by atoms with Gasteiger partial charge in [0.15, 0.2) is 11.5 Å². The van der Waals surface area contributed by atoms with Crippen LogP contribution in [0.4, 0.5) is 15.9 Å². The molecule has 8 heteroatoms. The lowest BCUT2D eigenvalue weighted by molar-refractivity contribution is 0.283. The molecule has 1 aliphatic heterocycles. The molecule has 0 spiro atoms. The number of rotatable bonds is 8. The Morgan fingerprint density at radius 3 is 2.87 bits per heavy atom. The predicted octanol–water partition coefficient (Wildman–Crippen LogP) is 5.16. The number of fused-ring (bicyclic) bond motifs is 3. The third-order valence-corrected chi connectivity index (χ3v) is 5.23. The zero-order valence-corrected chi connectivity index (χ0v) is 17.0. The maximum Gasteiger partial charge on any atom is 0.161 e. The predicted molar refractivity (Wildman–Crippen MR) is 118 cm³/mol. The van der Waals surface area contributed by atoms with Gasteiger partial charge in [-0.2, -0.15) is 0 Å². The van der Waals surface area contributed by atoms with E-state index in [4.69, 9.17) is 9.47 Å². The normalized spacial score (nSPS) is 11.3. The van der Waals surface area contributed by atoms with E-state index in [0.717, 1.165) is 40.8 Å². The van der Waals surface area contributed by atoms with Crippen molar-refractivity contribution in [3.8, 4) is 22.8 Å². The minimum absolute atomic E-state index is 0.288. The SMILES string of the molecule is COc1cc2c3[nH][nH]c(Nc4cccc(F)c4)c-3cc2cc1OCCCn1ccnc1. The zero-order chi connectivity index (χ0) is 21.2. The van der Waals surface area contributed by atoms with Gasteiger partial charge >= 0.3 is 0 Å². The fourth-order valence-electron chi connectivity index (χ4n) is 3.74. The maximum absolute atomic E-state index is 13.5. The van der Waals surface area contributed by atoms with E-state index in [9.17, 15) is 4.39 Å². The molecule has 0 bridgehead atoms. The summed E-state index contributed by atoms with van der Waals surface area (Å²) in [5.74, 6) is 1.86. The Labute approximate surface area is 178 Å². The number of halogens is 1. The number of aryl methyl sites for hydroxylation is 1. The second kappa shape index (κ2) is 8.06. The van der Waals surface area contributed by atoms with Crippen molar-refractivity contribution in [2.75, 3.05) is 19.0 Å². The molecule has 2 aromatic carbocycles. The van der Waals surface area contributed by atoms with Gasteiger partial charge in [-0.15, -0.1) is 0 Å². The highest BCUT2D eigenvalue weighted by molar-refractivity contribution is 6.05. The summed E-state index contributed by atoms with van der Waals surface area (Å²) in [5.41, 5.74) is 2.58. The number of H-pyrrole nitrogens is 2. The lowest BCUT2D eigenvalue weighted by Gasteiger charge is -2.11. The minimum atomic E-state index is -0.288. The molecule has 0 saturated heterocycles. The molecule has 0 atom stereocenters. The summed E-state index contributed by atoms with van der Waals surface area (Å²) in [6, 6.07) is 12.4.